The molecule has 20 heavy (non-hydrogen) atoms. The first-order chi connectivity index (χ1) is 9.43. The maximum absolute atomic E-state index is 12.6. The standard InChI is InChI=1S/C15H11BrCl2O2/c1-8-5-14(20-2)10(7-11(8)16)15(19)9-3-4-12(17)13(18)6-9/h3-7H,1-2H3. The molecule has 2 aromatic carbocycles. The molecule has 2 aromatic rings. The fourth-order valence-corrected chi connectivity index (χ4v) is 2.44. The van der Waals surface area contributed by atoms with Crippen molar-refractivity contribution in [2.24, 2.45) is 0 Å². The van der Waals surface area contributed by atoms with E-state index < -0.39 is 0 Å². The van der Waals surface area contributed by atoms with Crippen molar-refractivity contribution in [3.63, 3.8) is 0 Å². The van der Waals surface area contributed by atoms with Gasteiger partial charge in [0.15, 0.2) is 5.78 Å². The summed E-state index contributed by atoms with van der Waals surface area (Å²) < 4.78 is 6.13. The first-order valence-electron chi connectivity index (χ1n) is 5.78. The molecule has 0 saturated carbocycles. The zero-order valence-corrected chi connectivity index (χ0v) is 13.9. The Balaban J connectivity index is 2.52. The van der Waals surface area contributed by atoms with Crippen LogP contribution in [0.4, 0.5) is 0 Å². The van der Waals surface area contributed by atoms with Crippen molar-refractivity contribution < 1.29 is 9.53 Å². The van der Waals surface area contributed by atoms with Gasteiger partial charge in [-0.25, -0.2) is 0 Å². The molecule has 0 N–H and O–H groups in total. The number of ether oxygens (including phenoxy) is 1. The van der Waals surface area contributed by atoms with Crippen LogP contribution in [0, 0.1) is 6.92 Å². The zero-order chi connectivity index (χ0) is 14.9. The van der Waals surface area contributed by atoms with Crippen molar-refractivity contribution in [1.82, 2.24) is 0 Å². The van der Waals surface area contributed by atoms with Gasteiger partial charge in [-0.1, -0.05) is 39.1 Å². The van der Waals surface area contributed by atoms with Crippen LogP contribution in [-0.2, 0) is 0 Å². The summed E-state index contributed by atoms with van der Waals surface area (Å²) in [6.07, 6.45) is 0. The van der Waals surface area contributed by atoms with Gasteiger partial charge in [0.05, 0.1) is 22.7 Å². The van der Waals surface area contributed by atoms with Gasteiger partial charge in [0.25, 0.3) is 0 Å². The van der Waals surface area contributed by atoms with E-state index in [2.05, 4.69) is 15.9 Å². The molecular formula is C15H11BrCl2O2. The third-order valence-electron chi connectivity index (χ3n) is 2.91. The normalized spacial score (nSPS) is 10.4. The van der Waals surface area contributed by atoms with E-state index in [1.54, 1.807) is 24.3 Å². The molecule has 0 radical (unpaired) electrons. The molecule has 0 aromatic heterocycles. The molecule has 0 saturated heterocycles. The summed E-state index contributed by atoms with van der Waals surface area (Å²) in [5, 5.41) is 0.767. The quantitative estimate of drug-likeness (QED) is 0.682. The van der Waals surface area contributed by atoms with Gasteiger partial charge in [0.2, 0.25) is 0 Å². The van der Waals surface area contributed by atoms with Crippen molar-refractivity contribution in [1.29, 1.82) is 0 Å². The van der Waals surface area contributed by atoms with Crippen LogP contribution in [0.1, 0.15) is 21.5 Å². The van der Waals surface area contributed by atoms with Crippen LogP contribution in [0.5, 0.6) is 5.75 Å². The van der Waals surface area contributed by atoms with Gasteiger partial charge in [-0.2, -0.15) is 0 Å². The number of methoxy groups -OCH3 is 1. The highest BCUT2D eigenvalue weighted by Crippen LogP contribution is 2.30. The molecule has 0 aliphatic heterocycles. The third-order valence-corrected chi connectivity index (χ3v) is 4.50. The summed E-state index contributed by atoms with van der Waals surface area (Å²) in [4.78, 5) is 12.6. The lowest BCUT2D eigenvalue weighted by atomic mass is 10.0. The largest absolute Gasteiger partial charge is 0.496 e. The molecule has 5 heteroatoms. The highest BCUT2D eigenvalue weighted by atomic mass is 79.9. The molecule has 0 amide bonds. The Morgan fingerprint density at radius 1 is 1.15 bits per heavy atom. The van der Waals surface area contributed by atoms with E-state index in [-0.39, 0.29) is 5.78 Å². The molecule has 0 aliphatic carbocycles. The summed E-state index contributed by atoms with van der Waals surface area (Å²) in [5.41, 5.74) is 1.93. The van der Waals surface area contributed by atoms with Gasteiger partial charge in [-0.15, -0.1) is 0 Å². The molecule has 0 spiro atoms. The fourth-order valence-electron chi connectivity index (χ4n) is 1.79. The molecule has 2 rings (SSSR count). The Hall–Kier alpha value is -1.03. The first kappa shape index (κ1) is 15.4. The summed E-state index contributed by atoms with van der Waals surface area (Å²) in [6.45, 7) is 1.93. The maximum Gasteiger partial charge on any atom is 0.196 e. The molecule has 0 heterocycles. The highest BCUT2D eigenvalue weighted by Gasteiger charge is 2.17. The number of aryl methyl sites for hydroxylation is 1. The van der Waals surface area contributed by atoms with Gasteiger partial charge in [-0.05, 0) is 42.8 Å². The van der Waals surface area contributed by atoms with Gasteiger partial charge in [0, 0.05) is 10.0 Å². The molecule has 0 atom stereocenters. The van der Waals surface area contributed by atoms with Crippen LogP contribution in [0.3, 0.4) is 0 Å². The average molecular weight is 374 g/mol. The van der Waals surface area contributed by atoms with Crippen molar-refractivity contribution >= 4 is 44.9 Å². The van der Waals surface area contributed by atoms with Crippen LogP contribution < -0.4 is 4.74 Å². The van der Waals surface area contributed by atoms with Gasteiger partial charge in [0.1, 0.15) is 5.75 Å². The van der Waals surface area contributed by atoms with Gasteiger partial charge >= 0.3 is 0 Å². The smallest absolute Gasteiger partial charge is 0.196 e. The third kappa shape index (κ3) is 3.00. The Morgan fingerprint density at radius 2 is 1.85 bits per heavy atom. The van der Waals surface area contributed by atoms with Crippen LogP contribution in [0.2, 0.25) is 10.0 Å². The van der Waals surface area contributed by atoms with Gasteiger partial charge in [-0.3, -0.25) is 4.79 Å². The number of ketones is 1. The summed E-state index contributed by atoms with van der Waals surface area (Å²) in [7, 11) is 1.54. The van der Waals surface area contributed by atoms with E-state index in [9.17, 15) is 4.79 Å². The number of hydrogen-bond acceptors (Lipinski definition) is 2. The number of rotatable bonds is 3. The summed E-state index contributed by atoms with van der Waals surface area (Å²) in [5.74, 6) is 0.364. The van der Waals surface area contributed by atoms with Crippen LogP contribution in [-0.4, -0.2) is 12.9 Å². The van der Waals surface area contributed by atoms with E-state index >= 15 is 0 Å². The monoisotopic (exact) mass is 372 g/mol. The van der Waals surface area contributed by atoms with E-state index in [4.69, 9.17) is 27.9 Å². The second-order valence-corrected chi connectivity index (χ2v) is 5.93. The minimum absolute atomic E-state index is 0.166. The van der Waals surface area contributed by atoms with Crippen LogP contribution in [0.15, 0.2) is 34.8 Å². The maximum atomic E-state index is 12.6. The van der Waals surface area contributed by atoms with E-state index in [0.29, 0.717) is 26.9 Å². The minimum atomic E-state index is -0.166. The zero-order valence-electron chi connectivity index (χ0n) is 10.8. The number of carbonyl (C=O) groups excluding carboxylic acids is 1. The number of carbonyl (C=O) groups is 1. The number of benzene rings is 2. The first-order valence-corrected chi connectivity index (χ1v) is 7.33. The predicted octanol–water partition coefficient (Wildman–Crippen LogP) is 5.30. The van der Waals surface area contributed by atoms with Crippen molar-refractivity contribution in [2.45, 2.75) is 6.92 Å². The van der Waals surface area contributed by atoms with Gasteiger partial charge < -0.3 is 4.74 Å². The number of halogens is 3. The highest BCUT2D eigenvalue weighted by molar-refractivity contribution is 9.10. The summed E-state index contributed by atoms with van der Waals surface area (Å²) in [6, 6.07) is 8.36. The SMILES string of the molecule is COc1cc(C)c(Br)cc1C(=O)c1ccc(Cl)c(Cl)c1. The second-order valence-electron chi connectivity index (χ2n) is 4.26. The Labute approximate surface area is 135 Å². The fraction of sp³-hybridized carbons (Fsp3) is 0.133. The molecule has 2 nitrogen and oxygen atoms in total. The van der Waals surface area contributed by atoms with E-state index in [1.807, 2.05) is 13.0 Å². The molecule has 0 unspecified atom stereocenters. The minimum Gasteiger partial charge on any atom is -0.496 e. The van der Waals surface area contributed by atoms with Crippen LogP contribution >= 0.6 is 39.1 Å². The van der Waals surface area contributed by atoms with Crippen molar-refractivity contribution in [2.75, 3.05) is 7.11 Å². The van der Waals surface area contributed by atoms with E-state index in [1.165, 1.54) is 7.11 Å². The van der Waals surface area contributed by atoms with Crippen molar-refractivity contribution in [3.05, 3.63) is 61.5 Å². The lowest BCUT2D eigenvalue weighted by molar-refractivity contribution is 0.103. The Morgan fingerprint density at radius 3 is 2.45 bits per heavy atom. The van der Waals surface area contributed by atoms with E-state index in [0.717, 1.165) is 10.0 Å². The molecule has 0 fully saturated rings. The Bertz CT molecular complexity index is 684. The molecule has 0 aliphatic rings. The van der Waals surface area contributed by atoms with Crippen LogP contribution in [0.25, 0.3) is 0 Å². The Kier molecular flexibility index (Phi) is 4.74. The van der Waals surface area contributed by atoms with Crippen molar-refractivity contribution in [3.8, 4) is 5.75 Å². The lowest BCUT2D eigenvalue weighted by Gasteiger charge is -2.10. The lowest BCUT2D eigenvalue weighted by Crippen LogP contribution is -2.05. The predicted molar refractivity (Wildman–Crippen MR) is 85.3 cm³/mol. The molecular weight excluding hydrogens is 363 g/mol. The average Bonchev–Trinajstić information content (AvgIpc) is 2.43. The molecule has 104 valence electrons. The topological polar surface area (TPSA) is 26.3 Å². The number of hydrogen-bond donors (Lipinski definition) is 0. The summed E-state index contributed by atoms with van der Waals surface area (Å²) >= 11 is 15.2. The second kappa shape index (κ2) is 6.17. The molecule has 0 bridgehead atoms.